The van der Waals surface area contributed by atoms with Crippen LogP contribution in [0.2, 0.25) is 5.02 Å². The van der Waals surface area contributed by atoms with Crippen molar-refractivity contribution in [2.24, 2.45) is 0 Å². The first-order valence-electron chi connectivity index (χ1n) is 10.6. The smallest absolute Gasteiger partial charge is 0.340 e. The highest BCUT2D eigenvalue weighted by atomic mass is 35.5. The first-order valence-corrected chi connectivity index (χ1v) is 11.7. The van der Waals surface area contributed by atoms with Gasteiger partial charge in [-0.05, 0) is 62.4 Å². The van der Waals surface area contributed by atoms with Crippen LogP contribution in [-0.2, 0) is 14.3 Å². The minimum absolute atomic E-state index is 0.122. The molecule has 0 aromatic heterocycles. The van der Waals surface area contributed by atoms with Crippen molar-refractivity contribution < 1.29 is 19.1 Å². The molecular formula is C26H21ClN2O4S. The molecule has 3 aromatic carbocycles. The summed E-state index contributed by atoms with van der Waals surface area (Å²) in [7, 11) is 0. The highest BCUT2D eigenvalue weighted by Crippen LogP contribution is 2.39. The lowest BCUT2D eigenvalue weighted by atomic mass is 10.1. The Morgan fingerprint density at radius 2 is 1.65 bits per heavy atom. The van der Waals surface area contributed by atoms with Gasteiger partial charge in [-0.25, -0.2) is 9.69 Å². The molecule has 0 spiro atoms. The number of nitrogens with one attached hydrogen (secondary N) is 1. The van der Waals surface area contributed by atoms with Crippen molar-refractivity contribution in [2.75, 3.05) is 16.8 Å². The summed E-state index contributed by atoms with van der Waals surface area (Å²) in [5, 5.41) is 3.62. The summed E-state index contributed by atoms with van der Waals surface area (Å²) in [6, 6.07) is 20.9. The SMILES string of the molecule is CCOC(=O)c1ccccc1N1C(=O)C(Nc2ccc(Cl)cc2)=C(Sc2ccc(C)cc2)C1=O. The van der Waals surface area contributed by atoms with Crippen molar-refractivity contribution in [1.29, 1.82) is 0 Å². The van der Waals surface area contributed by atoms with Gasteiger partial charge in [-0.1, -0.05) is 53.2 Å². The normalized spacial score (nSPS) is 13.4. The quantitative estimate of drug-likeness (QED) is 0.331. The summed E-state index contributed by atoms with van der Waals surface area (Å²) in [5.41, 5.74) is 2.11. The Kier molecular flexibility index (Phi) is 7.05. The molecule has 172 valence electrons. The van der Waals surface area contributed by atoms with E-state index in [9.17, 15) is 14.4 Å². The van der Waals surface area contributed by atoms with Crippen LogP contribution in [0, 0.1) is 6.92 Å². The van der Waals surface area contributed by atoms with Gasteiger partial charge in [0, 0.05) is 15.6 Å². The number of imide groups is 1. The van der Waals surface area contributed by atoms with E-state index in [2.05, 4.69) is 5.32 Å². The van der Waals surface area contributed by atoms with Crippen LogP contribution in [-0.4, -0.2) is 24.4 Å². The van der Waals surface area contributed by atoms with Crippen LogP contribution in [0.1, 0.15) is 22.8 Å². The molecule has 0 radical (unpaired) electrons. The van der Waals surface area contributed by atoms with Gasteiger partial charge in [-0.3, -0.25) is 9.59 Å². The number of hydrogen-bond acceptors (Lipinski definition) is 6. The lowest BCUT2D eigenvalue weighted by molar-refractivity contribution is -0.120. The van der Waals surface area contributed by atoms with E-state index in [-0.39, 0.29) is 28.5 Å². The summed E-state index contributed by atoms with van der Waals surface area (Å²) in [6.07, 6.45) is 0. The number of benzene rings is 3. The fraction of sp³-hybridized carbons (Fsp3) is 0.115. The molecule has 0 unspecified atom stereocenters. The van der Waals surface area contributed by atoms with Gasteiger partial charge in [0.1, 0.15) is 10.6 Å². The molecule has 3 aromatic rings. The third-order valence-electron chi connectivity index (χ3n) is 5.04. The molecule has 1 aliphatic heterocycles. The number of amides is 2. The van der Waals surface area contributed by atoms with Crippen LogP contribution >= 0.6 is 23.4 Å². The van der Waals surface area contributed by atoms with Gasteiger partial charge in [-0.15, -0.1) is 0 Å². The molecule has 2 amide bonds. The Labute approximate surface area is 206 Å². The van der Waals surface area contributed by atoms with E-state index < -0.39 is 17.8 Å². The van der Waals surface area contributed by atoms with E-state index in [1.165, 1.54) is 17.8 Å². The number of ether oxygens (including phenoxy) is 1. The largest absolute Gasteiger partial charge is 0.462 e. The number of para-hydroxylation sites is 1. The van der Waals surface area contributed by atoms with E-state index in [4.69, 9.17) is 16.3 Å². The van der Waals surface area contributed by atoms with Crippen LogP contribution < -0.4 is 10.2 Å². The number of hydrogen-bond donors (Lipinski definition) is 1. The minimum atomic E-state index is -0.606. The third kappa shape index (κ3) is 4.85. The lowest BCUT2D eigenvalue weighted by Crippen LogP contribution is -2.33. The second kappa shape index (κ2) is 10.2. The standard InChI is InChI=1S/C26H21ClN2O4S/c1-3-33-26(32)20-6-4-5-7-21(20)29-24(30)22(28-18-12-10-17(27)11-13-18)23(25(29)31)34-19-14-8-16(2)9-15-19/h4-15,28H,3H2,1-2H3. The van der Waals surface area contributed by atoms with Gasteiger partial charge in [0.25, 0.3) is 11.8 Å². The topological polar surface area (TPSA) is 75.7 Å². The molecule has 34 heavy (non-hydrogen) atoms. The van der Waals surface area contributed by atoms with Crippen molar-refractivity contribution in [3.8, 4) is 0 Å². The minimum Gasteiger partial charge on any atom is -0.462 e. The average molecular weight is 493 g/mol. The molecule has 1 N–H and O–H groups in total. The second-order valence-electron chi connectivity index (χ2n) is 7.43. The summed E-state index contributed by atoms with van der Waals surface area (Å²) < 4.78 is 5.13. The number of carbonyl (C=O) groups excluding carboxylic acids is 3. The highest BCUT2D eigenvalue weighted by Gasteiger charge is 2.41. The predicted molar refractivity (Wildman–Crippen MR) is 134 cm³/mol. The lowest BCUT2D eigenvalue weighted by Gasteiger charge is -2.18. The monoisotopic (exact) mass is 492 g/mol. The Morgan fingerprint density at radius 3 is 2.32 bits per heavy atom. The molecule has 6 nitrogen and oxygen atoms in total. The van der Waals surface area contributed by atoms with Gasteiger partial charge >= 0.3 is 5.97 Å². The summed E-state index contributed by atoms with van der Waals surface area (Å²) in [6.45, 7) is 3.84. The third-order valence-corrected chi connectivity index (χ3v) is 6.38. The number of halogens is 1. The van der Waals surface area contributed by atoms with Gasteiger partial charge in [0.05, 0.1) is 17.9 Å². The van der Waals surface area contributed by atoms with Crippen LogP contribution in [0.4, 0.5) is 11.4 Å². The van der Waals surface area contributed by atoms with Crippen molar-refractivity contribution >= 4 is 52.5 Å². The van der Waals surface area contributed by atoms with Gasteiger partial charge in [-0.2, -0.15) is 0 Å². The van der Waals surface area contributed by atoms with Crippen molar-refractivity contribution in [2.45, 2.75) is 18.7 Å². The first kappa shape index (κ1) is 23.6. The molecule has 1 aliphatic rings. The van der Waals surface area contributed by atoms with Gasteiger partial charge in [0.2, 0.25) is 0 Å². The maximum atomic E-state index is 13.6. The average Bonchev–Trinajstić information content (AvgIpc) is 3.06. The number of esters is 1. The van der Waals surface area contributed by atoms with E-state index in [1.807, 2.05) is 31.2 Å². The van der Waals surface area contributed by atoms with E-state index in [0.29, 0.717) is 10.7 Å². The van der Waals surface area contributed by atoms with Crippen LogP contribution in [0.25, 0.3) is 0 Å². The molecule has 0 saturated heterocycles. The molecule has 1 heterocycles. The Hall–Kier alpha value is -3.55. The second-order valence-corrected chi connectivity index (χ2v) is 8.95. The molecule has 0 saturated carbocycles. The number of nitrogens with zero attached hydrogens (tertiary/aromatic N) is 1. The maximum Gasteiger partial charge on any atom is 0.340 e. The Morgan fingerprint density at radius 1 is 0.971 bits per heavy atom. The van der Waals surface area contributed by atoms with E-state index in [1.54, 1.807) is 49.4 Å². The molecule has 0 atom stereocenters. The number of carbonyl (C=O) groups is 3. The zero-order chi connectivity index (χ0) is 24.2. The van der Waals surface area contributed by atoms with Crippen LogP contribution in [0.15, 0.2) is 88.3 Å². The fourth-order valence-electron chi connectivity index (χ4n) is 3.39. The Balaban J connectivity index is 1.76. The van der Waals surface area contributed by atoms with E-state index in [0.717, 1.165) is 15.4 Å². The zero-order valence-electron chi connectivity index (χ0n) is 18.5. The molecule has 4 rings (SSSR count). The summed E-state index contributed by atoms with van der Waals surface area (Å²) in [4.78, 5) is 41.7. The predicted octanol–water partition coefficient (Wildman–Crippen LogP) is 5.81. The molecule has 8 heteroatoms. The van der Waals surface area contributed by atoms with Crippen molar-refractivity contribution in [3.05, 3.63) is 99.5 Å². The number of aryl methyl sites for hydroxylation is 1. The van der Waals surface area contributed by atoms with Gasteiger partial charge < -0.3 is 10.1 Å². The highest BCUT2D eigenvalue weighted by molar-refractivity contribution is 8.04. The first-order chi connectivity index (χ1) is 16.4. The summed E-state index contributed by atoms with van der Waals surface area (Å²) in [5.74, 6) is -1.69. The van der Waals surface area contributed by atoms with Crippen molar-refractivity contribution in [3.63, 3.8) is 0 Å². The molecule has 0 bridgehead atoms. The number of anilines is 2. The number of rotatable bonds is 7. The molecule has 0 aliphatic carbocycles. The van der Waals surface area contributed by atoms with Crippen molar-refractivity contribution in [1.82, 2.24) is 0 Å². The summed E-state index contributed by atoms with van der Waals surface area (Å²) >= 11 is 7.18. The fourth-order valence-corrected chi connectivity index (χ4v) is 4.44. The van der Waals surface area contributed by atoms with Gasteiger partial charge in [0.15, 0.2) is 0 Å². The van der Waals surface area contributed by atoms with Crippen LogP contribution in [0.3, 0.4) is 0 Å². The number of thioether (sulfide) groups is 1. The van der Waals surface area contributed by atoms with E-state index >= 15 is 0 Å². The maximum absolute atomic E-state index is 13.6. The molecule has 0 fully saturated rings. The van der Waals surface area contributed by atoms with Crippen LogP contribution in [0.5, 0.6) is 0 Å². The molecular weight excluding hydrogens is 472 g/mol. The zero-order valence-corrected chi connectivity index (χ0v) is 20.1. The Bertz CT molecular complexity index is 1220.